The van der Waals surface area contributed by atoms with Crippen molar-refractivity contribution in [3.8, 4) is 11.6 Å². The Morgan fingerprint density at radius 2 is 1.84 bits per heavy atom. The fourth-order valence-electron chi connectivity index (χ4n) is 2.55. The predicted molar refractivity (Wildman–Crippen MR) is 98.5 cm³/mol. The van der Waals surface area contributed by atoms with Gasteiger partial charge in [-0.3, -0.25) is 4.98 Å². The quantitative estimate of drug-likeness (QED) is 0.647. The van der Waals surface area contributed by atoms with Crippen LogP contribution in [0, 0.1) is 0 Å². The van der Waals surface area contributed by atoms with Crippen LogP contribution < -0.4 is 14.4 Å². The van der Waals surface area contributed by atoms with Gasteiger partial charge in [-0.15, -0.1) is 0 Å². The van der Waals surface area contributed by atoms with Gasteiger partial charge in [0.15, 0.2) is 5.75 Å². The summed E-state index contributed by atoms with van der Waals surface area (Å²) in [7, 11) is 1.61. The van der Waals surface area contributed by atoms with Gasteiger partial charge < -0.3 is 14.4 Å². The number of hydrogen-bond donors (Lipinski definition) is 0. The second-order valence-corrected chi connectivity index (χ2v) is 5.39. The van der Waals surface area contributed by atoms with Crippen LogP contribution in [-0.2, 0) is 6.54 Å². The highest BCUT2D eigenvalue weighted by atomic mass is 16.5. The molecule has 3 rings (SSSR count). The summed E-state index contributed by atoms with van der Waals surface area (Å²) in [6, 6.07) is 17.9. The first kappa shape index (κ1) is 16.8. The monoisotopic (exact) mass is 335 g/mol. The molecule has 0 unspecified atom stereocenters. The van der Waals surface area contributed by atoms with Crippen LogP contribution in [0.1, 0.15) is 12.5 Å². The van der Waals surface area contributed by atoms with Crippen molar-refractivity contribution in [2.75, 3.05) is 18.6 Å². The van der Waals surface area contributed by atoms with E-state index in [4.69, 9.17) is 9.47 Å². The Morgan fingerprint density at radius 3 is 2.52 bits per heavy atom. The number of hydrogen-bond acceptors (Lipinski definition) is 5. The lowest BCUT2D eigenvalue weighted by Gasteiger charge is -2.24. The largest absolute Gasteiger partial charge is 0.491 e. The number of benzene rings is 1. The van der Waals surface area contributed by atoms with Crippen molar-refractivity contribution < 1.29 is 9.47 Å². The van der Waals surface area contributed by atoms with Crippen molar-refractivity contribution in [3.05, 3.63) is 72.6 Å². The molecular formula is C20H21N3O2. The summed E-state index contributed by atoms with van der Waals surface area (Å²) < 4.78 is 11.0. The maximum absolute atomic E-state index is 5.63. The van der Waals surface area contributed by atoms with Crippen LogP contribution in [0.4, 0.5) is 11.5 Å². The second kappa shape index (κ2) is 8.15. The van der Waals surface area contributed by atoms with E-state index in [1.165, 1.54) is 0 Å². The number of anilines is 2. The number of rotatable bonds is 7. The molecule has 25 heavy (non-hydrogen) atoms. The predicted octanol–water partition coefficient (Wildman–Crippen LogP) is 4.22. The first-order valence-electron chi connectivity index (χ1n) is 8.21. The average Bonchev–Trinajstić information content (AvgIpc) is 2.68. The molecule has 0 bridgehead atoms. The van der Waals surface area contributed by atoms with Gasteiger partial charge in [-0.1, -0.05) is 24.3 Å². The zero-order valence-corrected chi connectivity index (χ0v) is 14.4. The van der Waals surface area contributed by atoms with Crippen molar-refractivity contribution in [3.63, 3.8) is 0 Å². The lowest BCUT2D eigenvalue weighted by atomic mass is 10.2. The Labute approximate surface area is 147 Å². The normalized spacial score (nSPS) is 10.3. The summed E-state index contributed by atoms with van der Waals surface area (Å²) in [5, 5.41) is 0. The minimum atomic E-state index is 0.495. The van der Waals surface area contributed by atoms with Crippen LogP contribution in [0.5, 0.6) is 11.6 Å². The average molecular weight is 335 g/mol. The fraction of sp³-hybridized carbons (Fsp3) is 0.200. The van der Waals surface area contributed by atoms with Crippen molar-refractivity contribution in [1.82, 2.24) is 9.97 Å². The molecule has 3 aromatic rings. The van der Waals surface area contributed by atoms with Crippen LogP contribution in [0.3, 0.4) is 0 Å². The Balaban J connectivity index is 2.01. The zero-order valence-electron chi connectivity index (χ0n) is 14.4. The topological polar surface area (TPSA) is 47.5 Å². The number of ether oxygens (including phenoxy) is 2. The molecule has 128 valence electrons. The van der Waals surface area contributed by atoms with Crippen LogP contribution in [0.25, 0.3) is 0 Å². The fourth-order valence-corrected chi connectivity index (χ4v) is 2.55. The number of para-hydroxylation sites is 1. The molecule has 2 heterocycles. The maximum Gasteiger partial charge on any atom is 0.258 e. The molecule has 0 saturated carbocycles. The van der Waals surface area contributed by atoms with Gasteiger partial charge in [-0.25, -0.2) is 0 Å². The van der Waals surface area contributed by atoms with Crippen LogP contribution in [-0.4, -0.2) is 23.7 Å². The van der Waals surface area contributed by atoms with E-state index >= 15 is 0 Å². The van der Waals surface area contributed by atoms with E-state index in [0.29, 0.717) is 24.8 Å². The van der Waals surface area contributed by atoms with E-state index < -0.39 is 0 Å². The lowest BCUT2D eigenvalue weighted by Crippen LogP contribution is -2.18. The number of nitrogens with zero attached hydrogens (tertiary/aromatic N) is 3. The third kappa shape index (κ3) is 4.07. The van der Waals surface area contributed by atoms with Gasteiger partial charge in [-0.05, 0) is 42.8 Å². The highest BCUT2D eigenvalue weighted by Crippen LogP contribution is 2.32. The van der Waals surface area contributed by atoms with E-state index in [9.17, 15) is 0 Å². The van der Waals surface area contributed by atoms with Gasteiger partial charge in [0, 0.05) is 18.1 Å². The Bertz CT molecular complexity index is 795. The Kier molecular flexibility index (Phi) is 5.46. The number of methoxy groups -OCH3 is 1. The summed E-state index contributed by atoms with van der Waals surface area (Å²) in [5.74, 6) is 1.91. The SMILES string of the molecule is CCOc1nc(N(Cc2cccnc2)c2ccccc2)ccc1OC. The Morgan fingerprint density at radius 1 is 1.00 bits per heavy atom. The summed E-state index contributed by atoms with van der Waals surface area (Å²) in [6.45, 7) is 3.11. The van der Waals surface area contributed by atoms with E-state index in [1.807, 2.05) is 49.5 Å². The van der Waals surface area contributed by atoms with Gasteiger partial charge in [0.25, 0.3) is 5.88 Å². The molecule has 0 aliphatic rings. The minimum Gasteiger partial charge on any atom is -0.491 e. The molecule has 1 aromatic carbocycles. The zero-order chi connectivity index (χ0) is 17.5. The van der Waals surface area contributed by atoms with Gasteiger partial charge in [-0.2, -0.15) is 4.98 Å². The second-order valence-electron chi connectivity index (χ2n) is 5.39. The first-order chi connectivity index (χ1) is 12.3. The molecule has 0 atom stereocenters. The van der Waals surface area contributed by atoms with E-state index in [2.05, 4.69) is 33.1 Å². The summed E-state index contributed by atoms with van der Waals surface area (Å²) in [4.78, 5) is 11.0. The first-order valence-corrected chi connectivity index (χ1v) is 8.21. The van der Waals surface area contributed by atoms with Gasteiger partial charge in [0.1, 0.15) is 5.82 Å². The van der Waals surface area contributed by atoms with E-state index in [1.54, 1.807) is 13.3 Å². The molecule has 0 saturated heterocycles. The van der Waals surface area contributed by atoms with Gasteiger partial charge >= 0.3 is 0 Å². The van der Waals surface area contributed by atoms with Crippen molar-refractivity contribution in [2.24, 2.45) is 0 Å². The molecule has 2 aromatic heterocycles. The molecule has 0 aliphatic carbocycles. The van der Waals surface area contributed by atoms with Gasteiger partial charge in [0.05, 0.1) is 20.3 Å². The highest BCUT2D eigenvalue weighted by molar-refractivity contribution is 5.61. The molecule has 0 N–H and O–H groups in total. The molecule has 5 nitrogen and oxygen atoms in total. The van der Waals surface area contributed by atoms with Crippen molar-refractivity contribution >= 4 is 11.5 Å². The Hall–Kier alpha value is -3.08. The van der Waals surface area contributed by atoms with Crippen LogP contribution >= 0.6 is 0 Å². The maximum atomic E-state index is 5.63. The van der Waals surface area contributed by atoms with Crippen molar-refractivity contribution in [1.29, 1.82) is 0 Å². The molecule has 0 spiro atoms. The number of aromatic nitrogens is 2. The summed E-state index contributed by atoms with van der Waals surface area (Å²) >= 11 is 0. The van der Waals surface area contributed by atoms with E-state index in [0.717, 1.165) is 17.1 Å². The molecule has 0 fully saturated rings. The third-order valence-electron chi connectivity index (χ3n) is 3.72. The lowest BCUT2D eigenvalue weighted by molar-refractivity contribution is 0.298. The van der Waals surface area contributed by atoms with Crippen LogP contribution in [0.2, 0.25) is 0 Å². The van der Waals surface area contributed by atoms with Gasteiger partial charge in [0.2, 0.25) is 0 Å². The molecular weight excluding hydrogens is 314 g/mol. The smallest absolute Gasteiger partial charge is 0.258 e. The molecule has 0 aliphatic heterocycles. The third-order valence-corrected chi connectivity index (χ3v) is 3.72. The summed E-state index contributed by atoms with van der Waals surface area (Å²) in [6.07, 6.45) is 3.64. The summed E-state index contributed by atoms with van der Waals surface area (Å²) in [5.41, 5.74) is 2.15. The highest BCUT2D eigenvalue weighted by Gasteiger charge is 2.15. The molecule has 0 amide bonds. The molecule has 5 heteroatoms. The standard InChI is InChI=1S/C20H21N3O2/c1-3-25-20-18(24-2)11-12-19(22-20)23(17-9-5-4-6-10-17)15-16-8-7-13-21-14-16/h4-14H,3,15H2,1-2H3. The molecule has 0 radical (unpaired) electrons. The van der Waals surface area contributed by atoms with Crippen LogP contribution in [0.15, 0.2) is 67.0 Å². The minimum absolute atomic E-state index is 0.495. The number of pyridine rings is 2. The van der Waals surface area contributed by atoms with E-state index in [-0.39, 0.29) is 0 Å². The van der Waals surface area contributed by atoms with Crippen molar-refractivity contribution in [2.45, 2.75) is 13.5 Å².